The van der Waals surface area contributed by atoms with Crippen molar-refractivity contribution in [2.45, 2.75) is 32.9 Å². The van der Waals surface area contributed by atoms with E-state index in [4.69, 9.17) is 4.74 Å². The maximum absolute atomic E-state index is 12.6. The van der Waals surface area contributed by atoms with E-state index in [1.165, 1.54) is 0 Å². The molecule has 1 aliphatic heterocycles. The van der Waals surface area contributed by atoms with E-state index in [2.05, 4.69) is 10.6 Å². The zero-order valence-corrected chi connectivity index (χ0v) is 16.4. The third-order valence-electron chi connectivity index (χ3n) is 4.77. The average molecular weight is 381 g/mol. The van der Waals surface area contributed by atoms with Crippen molar-refractivity contribution in [1.29, 1.82) is 0 Å². The van der Waals surface area contributed by atoms with Crippen LogP contribution in [0.3, 0.4) is 0 Å². The third kappa shape index (κ3) is 4.82. The monoisotopic (exact) mass is 381 g/mol. The summed E-state index contributed by atoms with van der Waals surface area (Å²) in [6.45, 7) is 5.63. The number of fused-ring (bicyclic) bond motifs is 1. The summed E-state index contributed by atoms with van der Waals surface area (Å²) in [7, 11) is 0. The quantitative estimate of drug-likeness (QED) is 0.773. The highest BCUT2D eigenvalue weighted by atomic mass is 16.5. The number of carbonyl (C=O) groups is 2. The highest BCUT2D eigenvalue weighted by molar-refractivity contribution is 5.86. The molecule has 0 bridgehead atoms. The van der Waals surface area contributed by atoms with Gasteiger partial charge in [0.1, 0.15) is 5.75 Å². The molecule has 6 nitrogen and oxygen atoms in total. The topological polar surface area (TPSA) is 70.7 Å². The lowest BCUT2D eigenvalue weighted by Gasteiger charge is -2.35. The normalized spacial score (nSPS) is 15.4. The molecule has 1 heterocycles. The summed E-state index contributed by atoms with van der Waals surface area (Å²) in [6.07, 6.45) is 0.227. The van der Waals surface area contributed by atoms with E-state index in [1.807, 2.05) is 67.3 Å². The number of amides is 2. The Hall–Kier alpha value is -3.02. The first-order valence-corrected chi connectivity index (χ1v) is 9.68. The van der Waals surface area contributed by atoms with Crippen molar-refractivity contribution in [3.8, 4) is 5.75 Å². The van der Waals surface area contributed by atoms with Crippen LogP contribution in [-0.2, 0) is 16.1 Å². The molecule has 3 rings (SSSR count). The molecule has 0 spiro atoms. The van der Waals surface area contributed by atoms with Crippen LogP contribution in [0.2, 0.25) is 0 Å². The number of hydrogen-bond acceptors (Lipinski definition) is 4. The van der Waals surface area contributed by atoms with Crippen molar-refractivity contribution in [2.75, 3.05) is 24.5 Å². The summed E-state index contributed by atoms with van der Waals surface area (Å²) < 4.78 is 5.86. The minimum atomic E-state index is -0.634. The SMILES string of the molecule is CCCNC(=O)[C@H]1CN(CC(=O)NCc2ccccc2C)c2ccccc2O1. The molecular formula is C22H27N3O3. The zero-order valence-electron chi connectivity index (χ0n) is 16.4. The largest absolute Gasteiger partial charge is 0.477 e. The minimum Gasteiger partial charge on any atom is -0.477 e. The van der Waals surface area contributed by atoms with Gasteiger partial charge < -0.3 is 20.3 Å². The van der Waals surface area contributed by atoms with E-state index in [0.29, 0.717) is 25.4 Å². The van der Waals surface area contributed by atoms with Gasteiger partial charge >= 0.3 is 0 Å². The van der Waals surface area contributed by atoms with E-state index >= 15 is 0 Å². The number of aryl methyl sites for hydroxylation is 1. The molecule has 0 saturated heterocycles. The Bertz CT molecular complexity index is 837. The maximum atomic E-state index is 12.6. The van der Waals surface area contributed by atoms with Gasteiger partial charge in [0.05, 0.1) is 18.8 Å². The number of nitrogens with zero attached hydrogens (tertiary/aromatic N) is 1. The van der Waals surface area contributed by atoms with Gasteiger partial charge in [-0.3, -0.25) is 9.59 Å². The highest BCUT2D eigenvalue weighted by Gasteiger charge is 2.31. The molecule has 1 aliphatic rings. The van der Waals surface area contributed by atoms with E-state index in [-0.39, 0.29) is 18.4 Å². The van der Waals surface area contributed by atoms with Gasteiger partial charge in [-0.25, -0.2) is 0 Å². The van der Waals surface area contributed by atoms with Crippen LogP contribution in [0, 0.1) is 6.92 Å². The number of nitrogens with one attached hydrogen (secondary N) is 2. The molecule has 2 aromatic carbocycles. The zero-order chi connectivity index (χ0) is 19.9. The number of ether oxygens (including phenoxy) is 1. The molecule has 6 heteroatoms. The summed E-state index contributed by atoms with van der Waals surface area (Å²) in [5.41, 5.74) is 3.07. The van der Waals surface area contributed by atoms with Crippen LogP contribution in [-0.4, -0.2) is 37.6 Å². The number of hydrogen-bond donors (Lipinski definition) is 2. The van der Waals surface area contributed by atoms with Gasteiger partial charge in [0.15, 0.2) is 6.10 Å². The molecule has 2 aromatic rings. The Morgan fingerprint density at radius 1 is 1.11 bits per heavy atom. The molecule has 0 unspecified atom stereocenters. The molecule has 0 radical (unpaired) electrons. The second-order valence-corrected chi connectivity index (χ2v) is 6.95. The standard InChI is InChI=1S/C22H27N3O3/c1-3-12-23-22(27)20-14-25(18-10-6-7-11-19(18)28-20)15-21(26)24-13-17-9-5-4-8-16(17)2/h4-11,20H,3,12-15H2,1-2H3,(H,23,27)(H,24,26)/t20-/m1/s1. The average Bonchev–Trinajstić information content (AvgIpc) is 2.71. The lowest BCUT2D eigenvalue weighted by atomic mass is 10.1. The fourth-order valence-corrected chi connectivity index (χ4v) is 3.19. The first-order chi connectivity index (χ1) is 13.6. The smallest absolute Gasteiger partial charge is 0.262 e. The molecule has 0 aliphatic carbocycles. The van der Waals surface area contributed by atoms with Crippen LogP contribution in [0.1, 0.15) is 24.5 Å². The summed E-state index contributed by atoms with van der Waals surface area (Å²) in [5, 5.41) is 5.84. The van der Waals surface area contributed by atoms with Crippen molar-refractivity contribution in [2.24, 2.45) is 0 Å². The second-order valence-electron chi connectivity index (χ2n) is 6.95. The predicted molar refractivity (Wildman–Crippen MR) is 109 cm³/mol. The summed E-state index contributed by atoms with van der Waals surface area (Å²) in [6, 6.07) is 15.5. The fourth-order valence-electron chi connectivity index (χ4n) is 3.19. The van der Waals surface area contributed by atoms with Gasteiger partial charge in [0, 0.05) is 13.1 Å². The van der Waals surface area contributed by atoms with Crippen molar-refractivity contribution < 1.29 is 14.3 Å². The first-order valence-electron chi connectivity index (χ1n) is 9.68. The second kappa shape index (κ2) is 9.26. The molecular weight excluding hydrogens is 354 g/mol. The van der Waals surface area contributed by atoms with E-state index in [9.17, 15) is 9.59 Å². The van der Waals surface area contributed by atoms with Gasteiger partial charge in [0.25, 0.3) is 5.91 Å². The Labute approximate surface area is 165 Å². The lowest BCUT2D eigenvalue weighted by molar-refractivity contribution is -0.128. The summed E-state index contributed by atoms with van der Waals surface area (Å²) >= 11 is 0. The van der Waals surface area contributed by atoms with Crippen LogP contribution in [0.15, 0.2) is 48.5 Å². The molecule has 0 fully saturated rings. The number of rotatable bonds is 7. The number of para-hydroxylation sites is 2. The predicted octanol–water partition coefficient (Wildman–Crippen LogP) is 2.41. The number of carbonyl (C=O) groups excluding carboxylic acids is 2. The van der Waals surface area contributed by atoms with Gasteiger partial charge in [-0.1, -0.05) is 43.3 Å². The lowest BCUT2D eigenvalue weighted by Crippen LogP contribution is -2.51. The maximum Gasteiger partial charge on any atom is 0.262 e. The van der Waals surface area contributed by atoms with Crippen molar-refractivity contribution >= 4 is 17.5 Å². The summed E-state index contributed by atoms with van der Waals surface area (Å²) in [5.74, 6) is 0.381. The van der Waals surface area contributed by atoms with Crippen LogP contribution < -0.4 is 20.3 Å². The first kappa shape index (κ1) is 19.7. The molecule has 2 N–H and O–H groups in total. The van der Waals surface area contributed by atoms with E-state index < -0.39 is 6.10 Å². The van der Waals surface area contributed by atoms with E-state index in [0.717, 1.165) is 23.2 Å². The Morgan fingerprint density at radius 3 is 2.64 bits per heavy atom. The molecule has 0 aromatic heterocycles. The van der Waals surface area contributed by atoms with Crippen LogP contribution in [0.5, 0.6) is 5.75 Å². The molecule has 148 valence electrons. The van der Waals surface area contributed by atoms with Gasteiger partial charge in [-0.15, -0.1) is 0 Å². The minimum absolute atomic E-state index is 0.0901. The van der Waals surface area contributed by atoms with Crippen LogP contribution >= 0.6 is 0 Å². The molecule has 28 heavy (non-hydrogen) atoms. The van der Waals surface area contributed by atoms with Gasteiger partial charge in [-0.2, -0.15) is 0 Å². The third-order valence-corrected chi connectivity index (χ3v) is 4.77. The van der Waals surface area contributed by atoms with Gasteiger partial charge in [0.2, 0.25) is 5.91 Å². The molecule has 1 atom stereocenters. The van der Waals surface area contributed by atoms with Crippen molar-refractivity contribution in [1.82, 2.24) is 10.6 Å². The van der Waals surface area contributed by atoms with Crippen LogP contribution in [0.4, 0.5) is 5.69 Å². The molecule has 2 amide bonds. The van der Waals surface area contributed by atoms with Gasteiger partial charge in [-0.05, 0) is 36.6 Å². The fraction of sp³-hybridized carbons (Fsp3) is 0.364. The Morgan fingerprint density at radius 2 is 1.86 bits per heavy atom. The number of anilines is 1. The summed E-state index contributed by atoms with van der Waals surface area (Å²) in [4.78, 5) is 26.8. The van der Waals surface area contributed by atoms with Crippen molar-refractivity contribution in [3.63, 3.8) is 0 Å². The highest BCUT2D eigenvalue weighted by Crippen LogP contribution is 2.32. The number of benzene rings is 2. The van der Waals surface area contributed by atoms with E-state index in [1.54, 1.807) is 0 Å². The van der Waals surface area contributed by atoms with Crippen LogP contribution in [0.25, 0.3) is 0 Å². The Balaban J connectivity index is 1.66. The van der Waals surface area contributed by atoms with Crippen molar-refractivity contribution in [3.05, 3.63) is 59.7 Å². The Kier molecular flexibility index (Phi) is 6.53. The molecule has 0 saturated carbocycles.